The highest BCUT2D eigenvalue weighted by atomic mass is 16.6. The summed E-state index contributed by atoms with van der Waals surface area (Å²) in [4.78, 5) is 38.5. The van der Waals surface area contributed by atoms with Gasteiger partial charge in [0.1, 0.15) is 13.2 Å². The minimum absolute atomic E-state index is 0.0873. The molecule has 0 saturated carbocycles. The molecule has 0 aliphatic rings. The van der Waals surface area contributed by atoms with Gasteiger partial charge in [0, 0.05) is 19.3 Å². The lowest BCUT2D eigenvalue weighted by Gasteiger charge is -2.18. The number of hydrogen-bond donors (Lipinski definition) is 0. The van der Waals surface area contributed by atoms with Crippen molar-refractivity contribution in [3.8, 4) is 0 Å². The molecule has 82 heavy (non-hydrogen) atoms. The van der Waals surface area contributed by atoms with Gasteiger partial charge in [0.15, 0.2) is 6.10 Å². The number of ether oxygens (including phenoxy) is 3. The van der Waals surface area contributed by atoms with Crippen LogP contribution in [0.25, 0.3) is 0 Å². The summed E-state index contributed by atoms with van der Waals surface area (Å²) in [5.74, 6) is -0.898. The van der Waals surface area contributed by atoms with Crippen LogP contribution < -0.4 is 0 Å². The molecule has 0 spiro atoms. The van der Waals surface area contributed by atoms with Crippen LogP contribution in [0.1, 0.15) is 335 Å². The standard InChI is InChI=1S/C76H130O6/c1-4-7-10-13-16-19-22-25-28-31-33-35-37-38-40-41-43-45-48-51-54-57-60-63-66-69-75(78)81-72-73(71-80-74(77)68-65-62-59-56-53-50-47-30-27-24-21-18-15-12-9-6-3)82-76(79)70-67-64-61-58-55-52-49-46-44-42-39-36-34-32-29-26-23-20-17-14-11-8-5-2/h8,11,17,20,22,25-26,29-31,33-34,36-38,42,44,47,73H,4-7,9-10,12-16,18-19,21,23-24,27-28,32,35,39-41,43,45-46,48-72H2,1-3H3/b11-8-,20-17-,25-22-,29-26-,33-31-,36-34-,38-37-,44-42-,47-30-. The minimum Gasteiger partial charge on any atom is -0.462 e. The van der Waals surface area contributed by atoms with Crippen LogP contribution >= 0.6 is 0 Å². The second-order valence-corrected chi connectivity index (χ2v) is 23.1. The van der Waals surface area contributed by atoms with Crippen LogP contribution in [0.5, 0.6) is 0 Å². The Morgan fingerprint density at radius 2 is 0.476 bits per heavy atom. The van der Waals surface area contributed by atoms with Crippen LogP contribution in [-0.4, -0.2) is 37.2 Å². The average Bonchev–Trinajstić information content (AvgIpc) is 3.47. The molecule has 0 aromatic heterocycles. The molecule has 6 heteroatoms. The van der Waals surface area contributed by atoms with E-state index in [9.17, 15) is 14.4 Å². The van der Waals surface area contributed by atoms with E-state index in [1.165, 1.54) is 180 Å². The summed E-state index contributed by atoms with van der Waals surface area (Å²) < 4.78 is 17.0. The summed E-state index contributed by atoms with van der Waals surface area (Å²) in [7, 11) is 0. The maximum absolute atomic E-state index is 13.0. The SMILES string of the molecule is CC/C=C\C/C=C\C/C=C\C/C=C\C/C=C\CCCCCCCCCC(=O)OC(COC(=O)CCCCCCC/C=C\CCCCCCCCC)COC(=O)CCCCCCCCCCCC/C=C\C/C=C\C/C=C\CCCCCCC. The summed E-state index contributed by atoms with van der Waals surface area (Å²) in [5, 5.41) is 0. The Bertz CT molecular complexity index is 1640. The predicted molar refractivity (Wildman–Crippen MR) is 357 cm³/mol. The van der Waals surface area contributed by atoms with Crippen molar-refractivity contribution in [2.45, 2.75) is 341 Å². The number of hydrogen-bond acceptors (Lipinski definition) is 6. The smallest absolute Gasteiger partial charge is 0.306 e. The van der Waals surface area contributed by atoms with Crippen LogP contribution in [0.2, 0.25) is 0 Å². The number of carbonyl (C=O) groups excluding carboxylic acids is 3. The number of esters is 3. The summed E-state index contributed by atoms with van der Waals surface area (Å²) in [6.45, 7) is 6.53. The number of rotatable bonds is 63. The van der Waals surface area contributed by atoms with E-state index in [2.05, 4.69) is 130 Å². The molecule has 470 valence electrons. The molecule has 0 aromatic rings. The lowest BCUT2D eigenvalue weighted by molar-refractivity contribution is -0.167. The van der Waals surface area contributed by atoms with Crippen molar-refractivity contribution >= 4 is 17.9 Å². The molecule has 0 rings (SSSR count). The lowest BCUT2D eigenvalue weighted by Crippen LogP contribution is -2.30. The molecule has 0 saturated heterocycles. The number of unbranched alkanes of at least 4 members (excludes halogenated alkanes) is 34. The van der Waals surface area contributed by atoms with Gasteiger partial charge in [-0.1, -0.05) is 297 Å². The van der Waals surface area contributed by atoms with Crippen molar-refractivity contribution in [2.75, 3.05) is 13.2 Å². The molecule has 1 atom stereocenters. The van der Waals surface area contributed by atoms with Gasteiger partial charge < -0.3 is 14.2 Å². The highest BCUT2D eigenvalue weighted by Crippen LogP contribution is 2.16. The van der Waals surface area contributed by atoms with E-state index in [1.807, 2.05) is 0 Å². The van der Waals surface area contributed by atoms with Gasteiger partial charge in [0.25, 0.3) is 0 Å². The third-order valence-electron chi connectivity index (χ3n) is 15.0. The maximum atomic E-state index is 13.0. The Labute approximate surface area is 508 Å². The number of allylic oxidation sites excluding steroid dienone is 18. The molecule has 0 radical (unpaired) electrons. The molecule has 0 heterocycles. The summed E-state index contributed by atoms with van der Waals surface area (Å²) in [6.07, 6.45) is 95.3. The fourth-order valence-electron chi connectivity index (χ4n) is 9.77. The Kier molecular flexibility index (Phi) is 66.2. The zero-order valence-electron chi connectivity index (χ0n) is 54.0. The van der Waals surface area contributed by atoms with Crippen molar-refractivity contribution in [3.05, 3.63) is 109 Å². The predicted octanol–water partition coefficient (Wildman–Crippen LogP) is 24.2. The molecule has 0 aliphatic carbocycles. The molecular weight excluding hydrogens is 1010 g/mol. The summed E-state index contributed by atoms with van der Waals surface area (Å²) in [5.41, 5.74) is 0. The van der Waals surface area contributed by atoms with E-state index in [0.717, 1.165) is 116 Å². The van der Waals surface area contributed by atoms with Gasteiger partial charge in [-0.05, 0) is 128 Å². The highest BCUT2D eigenvalue weighted by Gasteiger charge is 2.19. The van der Waals surface area contributed by atoms with Crippen molar-refractivity contribution in [3.63, 3.8) is 0 Å². The molecule has 0 aliphatic heterocycles. The monoisotopic (exact) mass is 1140 g/mol. The van der Waals surface area contributed by atoms with Crippen LogP contribution in [0.15, 0.2) is 109 Å². The van der Waals surface area contributed by atoms with Crippen LogP contribution in [-0.2, 0) is 28.6 Å². The van der Waals surface area contributed by atoms with Crippen molar-refractivity contribution < 1.29 is 28.6 Å². The van der Waals surface area contributed by atoms with E-state index >= 15 is 0 Å². The normalized spacial score (nSPS) is 12.8. The van der Waals surface area contributed by atoms with Gasteiger partial charge in [0.2, 0.25) is 0 Å². The zero-order chi connectivity index (χ0) is 59.2. The van der Waals surface area contributed by atoms with Crippen molar-refractivity contribution in [1.29, 1.82) is 0 Å². The molecular formula is C76H130O6. The first-order valence-corrected chi connectivity index (χ1v) is 34.9. The zero-order valence-corrected chi connectivity index (χ0v) is 54.0. The largest absolute Gasteiger partial charge is 0.462 e. The molecule has 0 fully saturated rings. The molecule has 6 nitrogen and oxygen atoms in total. The fraction of sp³-hybridized carbons (Fsp3) is 0.724. The van der Waals surface area contributed by atoms with E-state index in [1.54, 1.807) is 0 Å². The molecule has 0 N–H and O–H groups in total. The number of carbonyl (C=O) groups is 3. The second-order valence-electron chi connectivity index (χ2n) is 23.1. The Morgan fingerprint density at radius 3 is 0.756 bits per heavy atom. The Morgan fingerprint density at radius 1 is 0.256 bits per heavy atom. The quantitative estimate of drug-likeness (QED) is 0.0261. The second kappa shape index (κ2) is 69.6. The minimum atomic E-state index is -0.793. The van der Waals surface area contributed by atoms with Crippen molar-refractivity contribution in [1.82, 2.24) is 0 Å². The van der Waals surface area contributed by atoms with Gasteiger partial charge in [-0.2, -0.15) is 0 Å². The van der Waals surface area contributed by atoms with E-state index in [4.69, 9.17) is 14.2 Å². The van der Waals surface area contributed by atoms with Crippen molar-refractivity contribution in [2.24, 2.45) is 0 Å². The first kappa shape index (κ1) is 78.1. The lowest BCUT2D eigenvalue weighted by atomic mass is 10.1. The van der Waals surface area contributed by atoms with Crippen LogP contribution in [0.3, 0.4) is 0 Å². The van der Waals surface area contributed by atoms with Gasteiger partial charge in [-0.25, -0.2) is 0 Å². The maximum Gasteiger partial charge on any atom is 0.306 e. The third kappa shape index (κ3) is 66.9. The first-order valence-electron chi connectivity index (χ1n) is 34.9. The van der Waals surface area contributed by atoms with Gasteiger partial charge in [-0.3, -0.25) is 14.4 Å². The van der Waals surface area contributed by atoms with E-state index < -0.39 is 6.10 Å². The van der Waals surface area contributed by atoms with Gasteiger partial charge in [-0.15, -0.1) is 0 Å². The average molecular weight is 1140 g/mol. The van der Waals surface area contributed by atoms with E-state index in [-0.39, 0.29) is 31.1 Å². The molecule has 0 amide bonds. The summed E-state index contributed by atoms with van der Waals surface area (Å²) in [6, 6.07) is 0. The fourth-order valence-corrected chi connectivity index (χ4v) is 9.77. The Balaban J connectivity index is 4.40. The van der Waals surface area contributed by atoms with Crippen LogP contribution in [0, 0.1) is 0 Å². The van der Waals surface area contributed by atoms with Crippen LogP contribution in [0.4, 0.5) is 0 Å². The van der Waals surface area contributed by atoms with Gasteiger partial charge >= 0.3 is 17.9 Å². The third-order valence-corrected chi connectivity index (χ3v) is 15.0. The Hall–Kier alpha value is -3.93. The molecule has 0 aromatic carbocycles. The summed E-state index contributed by atoms with van der Waals surface area (Å²) >= 11 is 0. The molecule has 0 bridgehead atoms. The highest BCUT2D eigenvalue weighted by molar-refractivity contribution is 5.71. The van der Waals surface area contributed by atoms with Gasteiger partial charge in [0.05, 0.1) is 0 Å². The molecule has 1 unspecified atom stereocenters. The van der Waals surface area contributed by atoms with E-state index in [0.29, 0.717) is 19.3 Å². The topological polar surface area (TPSA) is 78.9 Å². The first-order chi connectivity index (χ1) is 40.5.